The van der Waals surface area contributed by atoms with E-state index in [1.165, 1.54) is 42.7 Å². The van der Waals surface area contributed by atoms with Crippen molar-refractivity contribution in [2.45, 2.75) is 19.5 Å². The molecule has 1 amide bonds. The lowest BCUT2D eigenvalue weighted by Crippen LogP contribution is -2.18. The van der Waals surface area contributed by atoms with Gasteiger partial charge in [-0.15, -0.1) is 0 Å². The number of hydrogen-bond acceptors (Lipinski definition) is 5. The second-order valence-corrected chi connectivity index (χ2v) is 5.82. The summed E-state index contributed by atoms with van der Waals surface area (Å²) in [6.07, 6.45) is -1.85. The van der Waals surface area contributed by atoms with Gasteiger partial charge in [0.15, 0.2) is 5.76 Å². The quantitative estimate of drug-likeness (QED) is 0.565. The second kappa shape index (κ2) is 8.78. The molecule has 0 aliphatic carbocycles. The van der Waals surface area contributed by atoms with Crippen LogP contribution in [-0.2, 0) is 18.1 Å². The van der Waals surface area contributed by atoms with Crippen LogP contribution < -0.4 is 10.1 Å². The summed E-state index contributed by atoms with van der Waals surface area (Å²) in [5.41, 5.74) is 0.256. The lowest BCUT2D eigenvalue weighted by molar-refractivity contribution is -0.182. The number of nitrogens with one attached hydrogen (secondary N) is 1. The lowest BCUT2D eigenvalue weighted by Gasteiger charge is -2.07. The summed E-state index contributed by atoms with van der Waals surface area (Å²) in [5, 5.41) is 6.29. The molecule has 0 spiro atoms. The van der Waals surface area contributed by atoms with Gasteiger partial charge >= 0.3 is 6.18 Å². The Morgan fingerprint density at radius 1 is 1.17 bits per heavy atom. The van der Waals surface area contributed by atoms with E-state index in [-0.39, 0.29) is 23.9 Å². The summed E-state index contributed by atoms with van der Waals surface area (Å²) in [6.45, 7) is -1.78. The molecule has 0 saturated heterocycles. The first kappa shape index (κ1) is 20.4. The predicted molar refractivity (Wildman–Crippen MR) is 91.6 cm³/mol. The van der Waals surface area contributed by atoms with Gasteiger partial charge in [0, 0.05) is 0 Å². The van der Waals surface area contributed by atoms with E-state index < -0.39 is 25.4 Å². The van der Waals surface area contributed by atoms with Crippen molar-refractivity contribution in [2.24, 2.45) is 0 Å². The molecule has 7 nitrogen and oxygen atoms in total. The molecule has 3 aromatic rings. The summed E-state index contributed by atoms with van der Waals surface area (Å²) < 4.78 is 65.4. The van der Waals surface area contributed by atoms with Gasteiger partial charge in [0.05, 0.1) is 18.1 Å². The molecule has 0 atom stereocenters. The van der Waals surface area contributed by atoms with Crippen molar-refractivity contribution in [3.05, 3.63) is 66.1 Å². The zero-order valence-corrected chi connectivity index (χ0v) is 14.8. The predicted octanol–water partition coefficient (Wildman–Crippen LogP) is 3.98. The van der Waals surface area contributed by atoms with Crippen LogP contribution in [0.5, 0.6) is 5.75 Å². The number of carbonyl (C=O) groups excluding carboxylic acids is 1. The fourth-order valence-electron chi connectivity index (χ4n) is 2.21. The van der Waals surface area contributed by atoms with Crippen molar-refractivity contribution < 1.29 is 36.2 Å². The number of anilines is 1. The highest BCUT2D eigenvalue weighted by molar-refractivity contribution is 6.02. The first-order chi connectivity index (χ1) is 13.8. The minimum atomic E-state index is -4.43. The van der Waals surface area contributed by atoms with E-state index in [2.05, 4.69) is 15.2 Å². The van der Waals surface area contributed by atoms with Gasteiger partial charge in [-0.1, -0.05) is 0 Å². The van der Waals surface area contributed by atoms with Gasteiger partial charge in [-0.2, -0.15) is 18.3 Å². The van der Waals surface area contributed by atoms with Crippen molar-refractivity contribution in [1.82, 2.24) is 9.78 Å². The van der Waals surface area contributed by atoms with Crippen LogP contribution >= 0.6 is 0 Å². The molecule has 0 saturated carbocycles. The number of hydrogen-bond donors (Lipinski definition) is 1. The molecule has 0 unspecified atom stereocenters. The van der Waals surface area contributed by atoms with Crippen LogP contribution in [0.4, 0.5) is 23.2 Å². The molecule has 2 aromatic heterocycles. The number of alkyl halides is 3. The smallest absolute Gasteiger partial charge is 0.411 e. The van der Waals surface area contributed by atoms with Gasteiger partial charge in [-0.3, -0.25) is 4.79 Å². The molecule has 0 radical (unpaired) electrons. The van der Waals surface area contributed by atoms with Crippen molar-refractivity contribution >= 4 is 11.6 Å². The van der Waals surface area contributed by atoms with E-state index in [4.69, 9.17) is 9.15 Å². The molecule has 11 heteroatoms. The highest BCUT2D eigenvalue weighted by Crippen LogP contribution is 2.17. The SMILES string of the molecule is O=C(Nc1cnn(COCC(F)(F)F)c1)c1ccc(COc2ccc(F)cc2)o1. The fraction of sp³-hybridized carbons (Fsp3) is 0.222. The van der Waals surface area contributed by atoms with Gasteiger partial charge in [-0.05, 0) is 36.4 Å². The number of nitrogens with zero attached hydrogens (tertiary/aromatic N) is 2. The molecule has 2 heterocycles. The van der Waals surface area contributed by atoms with Crippen LogP contribution in [0, 0.1) is 5.82 Å². The first-order valence-electron chi connectivity index (χ1n) is 8.24. The summed E-state index contributed by atoms with van der Waals surface area (Å²) >= 11 is 0. The zero-order chi connectivity index (χ0) is 20.9. The monoisotopic (exact) mass is 413 g/mol. The largest absolute Gasteiger partial charge is 0.486 e. The van der Waals surface area contributed by atoms with Crippen LogP contribution in [0.3, 0.4) is 0 Å². The maximum absolute atomic E-state index is 12.9. The second-order valence-electron chi connectivity index (χ2n) is 5.82. The summed E-state index contributed by atoms with van der Waals surface area (Å²) in [4.78, 5) is 12.2. The average molecular weight is 413 g/mol. The molecule has 0 aliphatic rings. The molecule has 0 bridgehead atoms. The standard InChI is InChI=1S/C18H15F4N3O4/c19-12-1-3-14(4-2-12)28-9-15-5-6-16(29-15)17(26)24-13-7-23-25(8-13)11-27-10-18(20,21)22/h1-8H,9-11H2,(H,24,26). The van der Waals surface area contributed by atoms with Gasteiger partial charge < -0.3 is 19.2 Å². The number of ether oxygens (including phenoxy) is 2. The highest BCUT2D eigenvalue weighted by Gasteiger charge is 2.27. The summed E-state index contributed by atoms with van der Waals surface area (Å²) in [6, 6.07) is 8.42. The highest BCUT2D eigenvalue weighted by atomic mass is 19.4. The van der Waals surface area contributed by atoms with Crippen LogP contribution in [0.2, 0.25) is 0 Å². The van der Waals surface area contributed by atoms with Crippen LogP contribution in [0.25, 0.3) is 0 Å². The molecule has 1 aromatic carbocycles. The van der Waals surface area contributed by atoms with E-state index in [9.17, 15) is 22.4 Å². The fourth-order valence-corrected chi connectivity index (χ4v) is 2.21. The molecular weight excluding hydrogens is 398 g/mol. The van der Waals surface area contributed by atoms with Crippen LogP contribution in [0.1, 0.15) is 16.3 Å². The van der Waals surface area contributed by atoms with Gasteiger partial charge in [0.25, 0.3) is 5.91 Å². The van der Waals surface area contributed by atoms with Gasteiger partial charge in [0.2, 0.25) is 0 Å². The third-order valence-electron chi connectivity index (χ3n) is 3.46. The topological polar surface area (TPSA) is 78.5 Å². The van der Waals surface area contributed by atoms with Crippen molar-refractivity contribution in [3.8, 4) is 5.75 Å². The van der Waals surface area contributed by atoms with E-state index in [1.54, 1.807) is 6.07 Å². The third kappa shape index (κ3) is 6.35. The molecular formula is C18H15F4N3O4. The summed E-state index contributed by atoms with van der Waals surface area (Å²) in [7, 11) is 0. The Balaban J connectivity index is 1.49. The average Bonchev–Trinajstić information content (AvgIpc) is 3.30. The molecule has 29 heavy (non-hydrogen) atoms. The number of amides is 1. The number of furan rings is 1. The number of rotatable bonds is 8. The third-order valence-corrected chi connectivity index (χ3v) is 3.46. The minimum absolute atomic E-state index is 0.00350. The van der Waals surface area contributed by atoms with Crippen molar-refractivity contribution in [3.63, 3.8) is 0 Å². The maximum Gasteiger partial charge on any atom is 0.411 e. The number of carbonyl (C=O) groups is 1. The first-order valence-corrected chi connectivity index (χ1v) is 8.24. The van der Waals surface area contributed by atoms with Crippen molar-refractivity contribution in [2.75, 3.05) is 11.9 Å². The number of benzene rings is 1. The van der Waals surface area contributed by atoms with Crippen LogP contribution in [0.15, 0.2) is 53.2 Å². The summed E-state index contributed by atoms with van der Waals surface area (Å²) in [5.74, 6) is -0.146. The zero-order valence-electron chi connectivity index (χ0n) is 14.8. The van der Waals surface area contributed by atoms with E-state index >= 15 is 0 Å². The molecule has 1 N–H and O–H groups in total. The van der Waals surface area contributed by atoms with E-state index in [0.29, 0.717) is 11.5 Å². The Morgan fingerprint density at radius 3 is 2.66 bits per heavy atom. The minimum Gasteiger partial charge on any atom is -0.486 e. The van der Waals surface area contributed by atoms with Crippen LogP contribution in [-0.4, -0.2) is 28.5 Å². The normalized spacial score (nSPS) is 11.4. The van der Waals surface area contributed by atoms with E-state index in [1.807, 2.05) is 0 Å². The Hall–Kier alpha value is -3.34. The molecule has 3 rings (SSSR count). The molecule has 154 valence electrons. The molecule has 0 aliphatic heterocycles. The van der Waals surface area contributed by atoms with E-state index in [0.717, 1.165) is 4.68 Å². The van der Waals surface area contributed by atoms with Gasteiger partial charge in [0.1, 0.15) is 37.3 Å². The molecule has 0 fully saturated rings. The number of aromatic nitrogens is 2. The maximum atomic E-state index is 12.9. The Morgan fingerprint density at radius 2 is 1.93 bits per heavy atom. The Labute approximate surface area is 161 Å². The Bertz CT molecular complexity index is 951. The number of halogens is 4. The Kier molecular flexibility index (Phi) is 6.17. The van der Waals surface area contributed by atoms with Crippen molar-refractivity contribution in [1.29, 1.82) is 0 Å². The van der Waals surface area contributed by atoms with Gasteiger partial charge in [-0.25, -0.2) is 9.07 Å². The lowest BCUT2D eigenvalue weighted by atomic mass is 10.3.